The summed E-state index contributed by atoms with van der Waals surface area (Å²) in [5.74, 6) is 2.36. The Morgan fingerprint density at radius 3 is 2.48 bits per heavy atom. The monoisotopic (exact) mass is 388 g/mol. The molecular weight excluding hydrogens is 364 g/mol. The van der Waals surface area contributed by atoms with Crippen molar-refractivity contribution in [2.24, 2.45) is 0 Å². The molecule has 0 bridgehead atoms. The van der Waals surface area contributed by atoms with Crippen molar-refractivity contribution in [1.29, 1.82) is 0 Å². The topological polar surface area (TPSA) is 77.8 Å². The Hall–Kier alpha value is -3.48. The first-order valence-corrected chi connectivity index (χ1v) is 9.77. The highest BCUT2D eigenvalue weighted by molar-refractivity contribution is 5.82. The Balaban J connectivity index is 1.63. The SMILES string of the molecule is CCCc1nc(NCc2ccc(OC)cc2)c2nnn(Cc3ccccc3)c2n1. The molecule has 0 saturated carbocycles. The van der Waals surface area contributed by atoms with Crippen LogP contribution in [0.1, 0.15) is 30.3 Å². The lowest BCUT2D eigenvalue weighted by molar-refractivity contribution is 0.414. The van der Waals surface area contributed by atoms with Gasteiger partial charge < -0.3 is 10.1 Å². The lowest BCUT2D eigenvalue weighted by atomic mass is 10.2. The molecule has 2 aromatic heterocycles. The van der Waals surface area contributed by atoms with Gasteiger partial charge in [-0.3, -0.25) is 0 Å². The van der Waals surface area contributed by atoms with Crippen molar-refractivity contribution in [3.05, 3.63) is 71.5 Å². The van der Waals surface area contributed by atoms with Gasteiger partial charge in [0.05, 0.1) is 13.7 Å². The first kappa shape index (κ1) is 18.9. The van der Waals surface area contributed by atoms with Crippen LogP contribution in [0, 0.1) is 0 Å². The Morgan fingerprint density at radius 2 is 1.76 bits per heavy atom. The maximum Gasteiger partial charge on any atom is 0.184 e. The van der Waals surface area contributed by atoms with Crippen LogP contribution in [-0.4, -0.2) is 32.1 Å². The van der Waals surface area contributed by atoms with E-state index in [0.717, 1.165) is 41.2 Å². The normalized spacial score (nSPS) is 11.0. The molecule has 0 aliphatic heterocycles. The second-order valence-corrected chi connectivity index (χ2v) is 6.84. The van der Waals surface area contributed by atoms with E-state index in [0.29, 0.717) is 24.4 Å². The zero-order valence-corrected chi connectivity index (χ0v) is 16.7. The molecule has 0 unspecified atom stereocenters. The highest BCUT2D eigenvalue weighted by Crippen LogP contribution is 2.20. The fourth-order valence-electron chi connectivity index (χ4n) is 3.15. The largest absolute Gasteiger partial charge is 0.497 e. The zero-order valence-electron chi connectivity index (χ0n) is 16.7. The molecule has 0 amide bonds. The number of rotatable bonds is 8. The molecule has 4 aromatic rings. The lowest BCUT2D eigenvalue weighted by Gasteiger charge is -2.09. The molecule has 7 nitrogen and oxygen atoms in total. The van der Waals surface area contributed by atoms with Crippen LogP contribution in [0.4, 0.5) is 5.82 Å². The molecule has 0 fully saturated rings. The first-order valence-electron chi connectivity index (χ1n) is 9.77. The van der Waals surface area contributed by atoms with Crippen LogP contribution < -0.4 is 10.1 Å². The molecule has 0 saturated heterocycles. The molecule has 0 radical (unpaired) electrons. The van der Waals surface area contributed by atoms with Crippen LogP contribution >= 0.6 is 0 Å². The average Bonchev–Trinajstić information content (AvgIpc) is 3.16. The van der Waals surface area contributed by atoms with Crippen LogP contribution in [0.15, 0.2) is 54.6 Å². The van der Waals surface area contributed by atoms with Gasteiger partial charge in [-0.25, -0.2) is 14.6 Å². The minimum Gasteiger partial charge on any atom is -0.497 e. The number of nitrogens with one attached hydrogen (secondary N) is 1. The van der Waals surface area contributed by atoms with Crippen molar-refractivity contribution >= 4 is 17.0 Å². The Kier molecular flexibility index (Phi) is 5.65. The third-order valence-corrected chi connectivity index (χ3v) is 4.68. The maximum atomic E-state index is 5.22. The predicted molar refractivity (Wildman–Crippen MR) is 113 cm³/mol. The van der Waals surface area contributed by atoms with E-state index in [1.807, 2.05) is 47.1 Å². The van der Waals surface area contributed by atoms with Gasteiger partial charge in [-0.05, 0) is 29.7 Å². The second-order valence-electron chi connectivity index (χ2n) is 6.84. The van der Waals surface area contributed by atoms with E-state index in [2.05, 4.69) is 34.7 Å². The van der Waals surface area contributed by atoms with Crippen molar-refractivity contribution in [2.75, 3.05) is 12.4 Å². The van der Waals surface area contributed by atoms with Gasteiger partial charge >= 0.3 is 0 Å². The van der Waals surface area contributed by atoms with Crippen LogP contribution in [0.5, 0.6) is 5.75 Å². The molecule has 1 N–H and O–H groups in total. The van der Waals surface area contributed by atoms with Crippen LogP contribution in [0.25, 0.3) is 11.2 Å². The summed E-state index contributed by atoms with van der Waals surface area (Å²) in [4.78, 5) is 9.43. The highest BCUT2D eigenvalue weighted by Gasteiger charge is 2.15. The number of nitrogens with zero attached hydrogens (tertiary/aromatic N) is 5. The Morgan fingerprint density at radius 1 is 0.966 bits per heavy atom. The third kappa shape index (κ3) is 4.34. The molecule has 4 rings (SSSR count). The number of benzene rings is 2. The van der Waals surface area contributed by atoms with Crippen LogP contribution in [0.2, 0.25) is 0 Å². The van der Waals surface area contributed by atoms with E-state index in [1.54, 1.807) is 7.11 Å². The van der Waals surface area contributed by atoms with Gasteiger partial charge in [-0.2, -0.15) is 0 Å². The summed E-state index contributed by atoms with van der Waals surface area (Å²) in [7, 11) is 1.67. The van der Waals surface area contributed by atoms with E-state index in [9.17, 15) is 0 Å². The number of aryl methyl sites for hydroxylation is 1. The van der Waals surface area contributed by atoms with E-state index in [4.69, 9.17) is 14.7 Å². The summed E-state index contributed by atoms with van der Waals surface area (Å²) < 4.78 is 7.06. The maximum absolute atomic E-state index is 5.22. The van der Waals surface area contributed by atoms with Crippen molar-refractivity contribution in [1.82, 2.24) is 25.0 Å². The van der Waals surface area contributed by atoms with Crippen LogP contribution in [-0.2, 0) is 19.5 Å². The molecule has 0 atom stereocenters. The molecule has 0 spiro atoms. The second kappa shape index (κ2) is 8.68. The zero-order chi connectivity index (χ0) is 20.1. The van der Waals surface area contributed by atoms with Gasteiger partial charge in [-0.1, -0.05) is 54.6 Å². The van der Waals surface area contributed by atoms with Gasteiger partial charge in [0.1, 0.15) is 11.6 Å². The van der Waals surface area contributed by atoms with Crippen LogP contribution in [0.3, 0.4) is 0 Å². The summed E-state index contributed by atoms with van der Waals surface area (Å²) in [5, 5.41) is 12.1. The summed E-state index contributed by atoms with van der Waals surface area (Å²) in [6, 6.07) is 18.2. The summed E-state index contributed by atoms with van der Waals surface area (Å²) in [6.07, 6.45) is 1.79. The number of hydrogen-bond donors (Lipinski definition) is 1. The van der Waals surface area contributed by atoms with Gasteiger partial charge in [0, 0.05) is 13.0 Å². The summed E-state index contributed by atoms with van der Waals surface area (Å²) in [5.41, 5.74) is 3.73. The Bertz CT molecular complexity index is 1080. The lowest BCUT2D eigenvalue weighted by Crippen LogP contribution is -2.08. The standard InChI is InChI=1S/C22H24N6O/c1-3-7-19-24-21(23-14-16-10-12-18(29-2)13-11-16)20-22(25-19)28(27-26-20)15-17-8-5-4-6-9-17/h4-6,8-13H,3,7,14-15H2,1-2H3,(H,23,24,25). The summed E-state index contributed by atoms with van der Waals surface area (Å²) >= 11 is 0. The Labute approximate surface area is 169 Å². The van der Waals surface area contributed by atoms with Gasteiger partial charge in [0.15, 0.2) is 17.0 Å². The van der Waals surface area contributed by atoms with E-state index < -0.39 is 0 Å². The minimum atomic E-state index is 0.623. The van der Waals surface area contributed by atoms with Gasteiger partial charge in [-0.15, -0.1) is 5.10 Å². The molecule has 2 heterocycles. The van der Waals surface area contributed by atoms with E-state index in [-0.39, 0.29) is 0 Å². The minimum absolute atomic E-state index is 0.623. The first-order chi connectivity index (χ1) is 14.3. The van der Waals surface area contributed by atoms with Crippen molar-refractivity contribution in [3.63, 3.8) is 0 Å². The van der Waals surface area contributed by atoms with Crippen molar-refractivity contribution in [2.45, 2.75) is 32.9 Å². The average molecular weight is 388 g/mol. The number of anilines is 1. The molecule has 0 aliphatic carbocycles. The smallest absolute Gasteiger partial charge is 0.184 e. The molecule has 148 valence electrons. The molecular formula is C22H24N6O. The van der Waals surface area contributed by atoms with E-state index in [1.165, 1.54) is 0 Å². The number of hydrogen-bond acceptors (Lipinski definition) is 6. The quantitative estimate of drug-likeness (QED) is 0.494. The highest BCUT2D eigenvalue weighted by atomic mass is 16.5. The number of ether oxygens (including phenoxy) is 1. The van der Waals surface area contributed by atoms with Gasteiger partial charge in [0.25, 0.3) is 0 Å². The molecule has 29 heavy (non-hydrogen) atoms. The number of aromatic nitrogens is 5. The number of methoxy groups -OCH3 is 1. The third-order valence-electron chi connectivity index (χ3n) is 4.68. The van der Waals surface area contributed by atoms with E-state index >= 15 is 0 Å². The van der Waals surface area contributed by atoms with Crippen molar-refractivity contribution < 1.29 is 4.74 Å². The fourth-order valence-corrected chi connectivity index (χ4v) is 3.15. The predicted octanol–water partition coefficient (Wildman–Crippen LogP) is 3.84. The fraction of sp³-hybridized carbons (Fsp3) is 0.273. The molecule has 7 heteroatoms. The number of fused-ring (bicyclic) bond motifs is 1. The van der Waals surface area contributed by atoms with Crippen molar-refractivity contribution in [3.8, 4) is 5.75 Å². The molecule has 0 aliphatic rings. The van der Waals surface area contributed by atoms with Gasteiger partial charge in [0.2, 0.25) is 0 Å². The molecule has 2 aromatic carbocycles. The summed E-state index contributed by atoms with van der Waals surface area (Å²) in [6.45, 7) is 3.38.